The third-order valence-corrected chi connectivity index (χ3v) is 7.27. The van der Waals surface area contributed by atoms with E-state index in [1.54, 1.807) is 6.08 Å². The second-order valence-corrected chi connectivity index (χ2v) is 8.30. The van der Waals surface area contributed by atoms with Crippen molar-refractivity contribution in [3.63, 3.8) is 0 Å². The van der Waals surface area contributed by atoms with E-state index in [2.05, 4.69) is 6.92 Å². The Morgan fingerprint density at radius 1 is 1.00 bits per heavy atom. The van der Waals surface area contributed by atoms with Gasteiger partial charge in [-0.1, -0.05) is 18.9 Å². The molecule has 3 saturated carbocycles. The van der Waals surface area contributed by atoms with Gasteiger partial charge in [-0.15, -0.1) is 0 Å². The molecule has 2 nitrogen and oxygen atoms in total. The number of hydrogen-bond donors (Lipinski definition) is 2. The summed E-state index contributed by atoms with van der Waals surface area (Å²) >= 11 is 0. The molecule has 2 N–H and O–H groups in total. The van der Waals surface area contributed by atoms with Crippen molar-refractivity contribution in [3.05, 3.63) is 11.6 Å². The first-order valence-corrected chi connectivity index (χ1v) is 8.65. The molecular weight excluding hydrogens is 248 g/mol. The maximum atomic E-state index is 9.88. The molecule has 0 aromatic rings. The molecule has 0 amide bonds. The molecule has 0 saturated heterocycles. The Hall–Kier alpha value is -0.340. The van der Waals surface area contributed by atoms with Gasteiger partial charge in [0.25, 0.3) is 0 Å². The summed E-state index contributed by atoms with van der Waals surface area (Å²) in [5, 5.41) is 19.8. The van der Waals surface area contributed by atoms with Crippen molar-refractivity contribution in [2.75, 3.05) is 0 Å². The second kappa shape index (κ2) is 4.33. The molecule has 0 spiro atoms. The van der Waals surface area contributed by atoms with Crippen LogP contribution in [-0.4, -0.2) is 16.0 Å². The van der Waals surface area contributed by atoms with Crippen LogP contribution in [-0.2, 0) is 0 Å². The second-order valence-electron chi connectivity index (χ2n) is 8.30. The summed E-state index contributed by atoms with van der Waals surface area (Å²) in [5.74, 6) is 1.85. The normalized spacial score (nSPS) is 49.9. The van der Waals surface area contributed by atoms with Gasteiger partial charge in [0.2, 0.25) is 0 Å². The van der Waals surface area contributed by atoms with Gasteiger partial charge in [-0.25, -0.2) is 0 Å². The highest BCUT2D eigenvalue weighted by Crippen LogP contribution is 2.61. The van der Waals surface area contributed by atoms with E-state index in [1.165, 1.54) is 44.1 Å². The monoisotopic (exact) mass is 276 g/mol. The molecule has 20 heavy (non-hydrogen) atoms. The Kier molecular flexibility index (Phi) is 2.89. The molecule has 0 aromatic carbocycles. The Morgan fingerprint density at radius 2 is 1.85 bits per heavy atom. The third-order valence-electron chi connectivity index (χ3n) is 7.27. The van der Waals surface area contributed by atoms with Crippen LogP contribution in [0.5, 0.6) is 0 Å². The van der Waals surface area contributed by atoms with Crippen LogP contribution in [0.4, 0.5) is 0 Å². The van der Waals surface area contributed by atoms with Gasteiger partial charge in [0.05, 0.1) is 0 Å². The maximum absolute atomic E-state index is 9.88. The van der Waals surface area contributed by atoms with Crippen molar-refractivity contribution in [3.8, 4) is 0 Å². The molecule has 4 rings (SSSR count). The van der Waals surface area contributed by atoms with Gasteiger partial charge in [0, 0.05) is 6.42 Å². The average molecular weight is 276 g/mol. The zero-order chi connectivity index (χ0) is 14.0. The van der Waals surface area contributed by atoms with Gasteiger partial charge in [-0.05, 0) is 80.1 Å². The molecule has 0 radical (unpaired) electrons. The molecular formula is C18H28O2. The lowest BCUT2D eigenvalue weighted by Gasteiger charge is -2.53. The summed E-state index contributed by atoms with van der Waals surface area (Å²) in [4.78, 5) is 0. The summed E-state index contributed by atoms with van der Waals surface area (Å²) in [5.41, 5.74) is 2.00. The number of aliphatic hydroxyl groups is 2. The first kappa shape index (κ1) is 13.3. The molecule has 0 unspecified atom stereocenters. The fourth-order valence-electron chi connectivity index (χ4n) is 6.33. The number of allylic oxidation sites excluding steroid dienone is 1. The first-order valence-electron chi connectivity index (χ1n) is 8.65. The van der Waals surface area contributed by atoms with Gasteiger partial charge < -0.3 is 10.2 Å². The minimum Gasteiger partial charge on any atom is -0.362 e. The fourth-order valence-corrected chi connectivity index (χ4v) is 6.33. The lowest BCUT2D eigenvalue weighted by molar-refractivity contribution is -0.136. The standard InChI is InChI=1S/C18H28O2/c1-17-8-2-3-16(17)15-5-4-12-11-18(19,20)10-7-13(12)14(15)6-9-17/h11,13-16,19-20H,2-10H2,1H3/t13-,14+,15+,16-,17-/m0/s1. The van der Waals surface area contributed by atoms with E-state index in [0.717, 1.165) is 30.6 Å². The number of fused-ring (bicyclic) bond motifs is 5. The van der Waals surface area contributed by atoms with Crippen LogP contribution in [0.3, 0.4) is 0 Å². The van der Waals surface area contributed by atoms with Crippen LogP contribution in [0.2, 0.25) is 0 Å². The summed E-state index contributed by atoms with van der Waals surface area (Å²) in [6.07, 6.45) is 12.8. The molecule has 4 aliphatic rings. The van der Waals surface area contributed by atoms with E-state index < -0.39 is 5.79 Å². The molecule has 0 bridgehead atoms. The lowest BCUT2D eigenvalue weighted by Crippen LogP contribution is -2.46. The summed E-state index contributed by atoms with van der Waals surface area (Å²) in [6, 6.07) is 0. The predicted molar refractivity (Wildman–Crippen MR) is 78.9 cm³/mol. The van der Waals surface area contributed by atoms with Crippen LogP contribution in [0.1, 0.15) is 64.7 Å². The first-order chi connectivity index (χ1) is 9.49. The molecule has 0 aliphatic heterocycles. The molecule has 5 atom stereocenters. The molecule has 4 aliphatic carbocycles. The minimum atomic E-state index is -1.52. The molecule has 3 fully saturated rings. The zero-order valence-corrected chi connectivity index (χ0v) is 12.6. The van der Waals surface area contributed by atoms with Gasteiger partial charge in [0.15, 0.2) is 5.79 Å². The van der Waals surface area contributed by atoms with Gasteiger partial charge in [-0.3, -0.25) is 0 Å². The summed E-state index contributed by atoms with van der Waals surface area (Å²) in [6.45, 7) is 2.54. The number of rotatable bonds is 0. The minimum absolute atomic E-state index is 0.534. The topological polar surface area (TPSA) is 40.5 Å². The number of hydrogen-bond acceptors (Lipinski definition) is 2. The van der Waals surface area contributed by atoms with Crippen LogP contribution >= 0.6 is 0 Å². The van der Waals surface area contributed by atoms with E-state index in [9.17, 15) is 10.2 Å². The molecule has 0 heterocycles. The molecule has 112 valence electrons. The van der Waals surface area contributed by atoms with Crippen LogP contribution in [0.15, 0.2) is 11.6 Å². The predicted octanol–water partition coefficient (Wildman–Crippen LogP) is 3.63. The Morgan fingerprint density at radius 3 is 2.70 bits per heavy atom. The van der Waals surface area contributed by atoms with Crippen molar-refractivity contribution in [2.45, 2.75) is 70.5 Å². The Labute approximate surface area is 122 Å². The largest absolute Gasteiger partial charge is 0.362 e. The Balaban J connectivity index is 1.62. The van der Waals surface area contributed by atoms with Crippen molar-refractivity contribution >= 4 is 0 Å². The van der Waals surface area contributed by atoms with Crippen LogP contribution in [0.25, 0.3) is 0 Å². The summed E-state index contributed by atoms with van der Waals surface area (Å²) in [7, 11) is 0. The van der Waals surface area contributed by atoms with E-state index in [1.807, 2.05) is 0 Å². The van der Waals surface area contributed by atoms with E-state index >= 15 is 0 Å². The molecule has 2 heteroatoms. The SMILES string of the molecule is C[C@@]12CCC[C@H]1[C@@H]1CCC3=CC(O)(O)CC[C@@H]3[C@H]1CC2. The summed E-state index contributed by atoms with van der Waals surface area (Å²) < 4.78 is 0. The Bertz CT molecular complexity index is 439. The van der Waals surface area contributed by atoms with E-state index in [-0.39, 0.29) is 0 Å². The average Bonchev–Trinajstić information content (AvgIpc) is 2.78. The van der Waals surface area contributed by atoms with Crippen molar-refractivity contribution in [2.24, 2.45) is 29.1 Å². The highest BCUT2D eigenvalue weighted by atomic mass is 16.5. The van der Waals surface area contributed by atoms with Gasteiger partial charge in [0.1, 0.15) is 0 Å². The zero-order valence-electron chi connectivity index (χ0n) is 12.6. The fraction of sp³-hybridized carbons (Fsp3) is 0.889. The van der Waals surface area contributed by atoms with Crippen molar-refractivity contribution in [1.29, 1.82) is 0 Å². The third kappa shape index (κ3) is 1.91. The van der Waals surface area contributed by atoms with Crippen LogP contribution in [0, 0.1) is 29.1 Å². The van der Waals surface area contributed by atoms with E-state index in [0.29, 0.717) is 17.8 Å². The lowest BCUT2D eigenvalue weighted by atomic mass is 9.52. The maximum Gasteiger partial charge on any atom is 0.182 e. The highest BCUT2D eigenvalue weighted by Gasteiger charge is 2.52. The smallest absolute Gasteiger partial charge is 0.182 e. The van der Waals surface area contributed by atoms with Crippen molar-refractivity contribution < 1.29 is 10.2 Å². The highest BCUT2D eigenvalue weighted by molar-refractivity contribution is 5.21. The quantitative estimate of drug-likeness (QED) is 0.524. The van der Waals surface area contributed by atoms with Crippen LogP contribution < -0.4 is 0 Å². The van der Waals surface area contributed by atoms with Gasteiger partial charge in [-0.2, -0.15) is 0 Å². The van der Waals surface area contributed by atoms with Crippen molar-refractivity contribution in [1.82, 2.24) is 0 Å². The van der Waals surface area contributed by atoms with Gasteiger partial charge >= 0.3 is 0 Å². The molecule has 0 aromatic heterocycles. The van der Waals surface area contributed by atoms with E-state index in [4.69, 9.17) is 0 Å².